The van der Waals surface area contributed by atoms with Gasteiger partial charge in [0.1, 0.15) is 17.5 Å². The summed E-state index contributed by atoms with van der Waals surface area (Å²) in [5.41, 5.74) is -0.901. The number of aliphatic hydroxyl groups excluding tert-OH is 1. The van der Waals surface area contributed by atoms with E-state index < -0.39 is 17.3 Å². The second-order valence-corrected chi connectivity index (χ2v) is 10.5. The molecule has 0 aromatic carbocycles. The van der Waals surface area contributed by atoms with E-state index in [1.54, 1.807) is 0 Å². The molecule has 198 valence electrons. The topological polar surface area (TPSA) is 114 Å². The van der Waals surface area contributed by atoms with E-state index in [1.165, 1.54) is 0 Å². The molecule has 2 saturated carbocycles. The highest BCUT2D eigenvalue weighted by Gasteiger charge is 2.31. The largest absolute Gasteiger partial charge is 0.444 e. The number of alkyl halides is 2. The lowest BCUT2D eigenvalue weighted by Gasteiger charge is -2.34. The summed E-state index contributed by atoms with van der Waals surface area (Å²) in [6.45, 7) is 11.2. The van der Waals surface area contributed by atoms with E-state index >= 15 is 0 Å². The maximum absolute atomic E-state index is 11.3. The molecule has 2 aliphatic rings. The molecule has 3 N–H and O–H groups in total. The van der Waals surface area contributed by atoms with Crippen molar-refractivity contribution in [2.45, 2.75) is 105 Å². The van der Waals surface area contributed by atoms with Gasteiger partial charge in [-0.3, -0.25) is 0 Å². The number of alkyl carbamates (subject to hydrolysis) is 2. The Morgan fingerprint density at radius 1 is 0.879 bits per heavy atom. The Hall–Kier alpha value is -1.25. The third-order valence-corrected chi connectivity index (χ3v) is 4.30. The molecule has 0 heterocycles. The Balaban J connectivity index is -0.000000462. The Morgan fingerprint density at radius 3 is 1.48 bits per heavy atom. The van der Waals surface area contributed by atoms with Crippen LogP contribution in [0.1, 0.15) is 82.1 Å². The molecule has 0 radical (unpaired) electrons. The van der Waals surface area contributed by atoms with Gasteiger partial charge in [-0.2, -0.15) is 0 Å². The van der Waals surface area contributed by atoms with Crippen LogP contribution in [0.25, 0.3) is 0 Å². The predicted molar refractivity (Wildman–Crippen MR) is 135 cm³/mol. The smallest absolute Gasteiger partial charge is 0.407 e. The van der Waals surface area contributed by atoms with Gasteiger partial charge in [-0.1, -0.05) is 14.9 Å². The summed E-state index contributed by atoms with van der Waals surface area (Å²) in [6.07, 6.45) is 3.37. The standard InChI is InChI=1S/C10H19NO3.C10H17NO3.CH2Cl2.2CH4/c2*1-10(2,3)14-9(13)11-8-4-7(5-8)6-12;2-1-3;;/h7-8,12H,4-6H2,1-3H3,(H,11,13);6-8H,4-5H2,1-3H3,(H,11,13);1H2;2*1H4. The summed E-state index contributed by atoms with van der Waals surface area (Å²) in [7, 11) is 0. The molecule has 10 heteroatoms. The van der Waals surface area contributed by atoms with Crippen molar-refractivity contribution in [2.75, 3.05) is 11.9 Å². The third kappa shape index (κ3) is 18.8. The predicted octanol–water partition coefficient (Wildman–Crippen LogP) is 5.46. The van der Waals surface area contributed by atoms with Gasteiger partial charge in [0.25, 0.3) is 0 Å². The van der Waals surface area contributed by atoms with Gasteiger partial charge in [-0.15, -0.1) is 23.2 Å². The van der Waals surface area contributed by atoms with Crippen LogP contribution in [-0.2, 0) is 14.3 Å². The second-order valence-electron chi connectivity index (χ2n) is 9.67. The van der Waals surface area contributed by atoms with Crippen molar-refractivity contribution in [1.82, 2.24) is 10.6 Å². The van der Waals surface area contributed by atoms with Gasteiger partial charge >= 0.3 is 12.2 Å². The van der Waals surface area contributed by atoms with Gasteiger partial charge in [0, 0.05) is 24.6 Å². The van der Waals surface area contributed by atoms with Crippen molar-refractivity contribution < 1.29 is 29.0 Å². The first-order chi connectivity index (χ1) is 14.2. The molecule has 8 nitrogen and oxygen atoms in total. The second kappa shape index (κ2) is 17.2. The van der Waals surface area contributed by atoms with E-state index in [4.69, 9.17) is 37.8 Å². The Labute approximate surface area is 210 Å². The number of nitrogens with one attached hydrogen (secondary N) is 2. The highest BCUT2D eigenvalue weighted by Crippen LogP contribution is 2.27. The van der Waals surface area contributed by atoms with Crippen molar-refractivity contribution in [2.24, 2.45) is 11.8 Å². The molecule has 2 rings (SSSR count). The van der Waals surface area contributed by atoms with Crippen LogP contribution in [-0.4, -0.2) is 58.8 Å². The summed E-state index contributed by atoms with van der Waals surface area (Å²) in [5, 5.41) is 14.5. The number of hydrogen-bond donors (Lipinski definition) is 3. The third-order valence-electron chi connectivity index (χ3n) is 4.30. The van der Waals surface area contributed by atoms with E-state index in [0.29, 0.717) is 5.92 Å². The van der Waals surface area contributed by atoms with E-state index in [9.17, 15) is 14.4 Å². The van der Waals surface area contributed by atoms with Crippen molar-refractivity contribution in [3.05, 3.63) is 0 Å². The molecule has 0 aromatic heterocycles. The summed E-state index contributed by atoms with van der Waals surface area (Å²) >= 11 is 9.53. The highest BCUT2D eigenvalue weighted by molar-refractivity contribution is 6.40. The molecule has 33 heavy (non-hydrogen) atoms. The van der Waals surface area contributed by atoms with Crippen molar-refractivity contribution >= 4 is 41.7 Å². The number of aliphatic hydroxyl groups is 1. The van der Waals surface area contributed by atoms with Gasteiger partial charge in [0.05, 0.1) is 5.34 Å². The Kier molecular flexibility index (Phi) is 19.0. The van der Waals surface area contributed by atoms with Crippen LogP contribution in [0.3, 0.4) is 0 Å². The number of amides is 2. The van der Waals surface area contributed by atoms with Crippen molar-refractivity contribution in [3.8, 4) is 0 Å². The van der Waals surface area contributed by atoms with Gasteiger partial charge < -0.3 is 30.0 Å². The van der Waals surface area contributed by atoms with Crippen LogP contribution in [0.4, 0.5) is 9.59 Å². The minimum Gasteiger partial charge on any atom is -0.444 e. The number of aldehydes is 1. The number of halogens is 2. The van der Waals surface area contributed by atoms with E-state index in [2.05, 4.69) is 10.6 Å². The molecular formula is C23H46Cl2N2O6. The zero-order valence-electron chi connectivity index (χ0n) is 19.4. The highest BCUT2D eigenvalue weighted by atomic mass is 35.5. The van der Waals surface area contributed by atoms with E-state index in [0.717, 1.165) is 32.0 Å². The lowest BCUT2D eigenvalue weighted by molar-refractivity contribution is -0.113. The summed E-state index contributed by atoms with van der Waals surface area (Å²) in [6, 6.07) is 0.294. The van der Waals surface area contributed by atoms with Crippen LogP contribution < -0.4 is 10.6 Å². The van der Waals surface area contributed by atoms with Crippen LogP contribution >= 0.6 is 23.2 Å². The molecule has 0 atom stereocenters. The van der Waals surface area contributed by atoms with Crippen molar-refractivity contribution in [1.29, 1.82) is 0 Å². The normalized spacial score (nSPS) is 22.9. The maximum atomic E-state index is 11.3. The number of carbonyl (C=O) groups excluding carboxylic acids is 3. The van der Waals surface area contributed by atoms with Crippen LogP contribution in [0.5, 0.6) is 0 Å². The number of rotatable bonds is 4. The first-order valence-electron chi connectivity index (χ1n) is 10.4. The van der Waals surface area contributed by atoms with Gasteiger partial charge in [-0.05, 0) is 73.1 Å². The fourth-order valence-electron chi connectivity index (χ4n) is 2.84. The number of carbonyl (C=O) groups is 3. The first kappa shape index (κ1) is 36.3. The van der Waals surface area contributed by atoms with Crippen LogP contribution in [0, 0.1) is 11.8 Å². The van der Waals surface area contributed by atoms with Crippen LogP contribution in [0.15, 0.2) is 0 Å². The summed E-state index contributed by atoms with van der Waals surface area (Å²) in [5.74, 6) is 0.477. The fraction of sp³-hybridized carbons (Fsp3) is 0.870. The average Bonchev–Trinajstić information content (AvgIpc) is 2.51. The molecule has 0 aromatic rings. The molecule has 2 amide bonds. The first-order valence-corrected chi connectivity index (χ1v) is 11.5. The minimum absolute atomic E-state index is 0. The van der Waals surface area contributed by atoms with Gasteiger partial charge in [0.15, 0.2) is 0 Å². The fourth-order valence-corrected chi connectivity index (χ4v) is 2.84. The quantitative estimate of drug-likeness (QED) is 0.337. The number of ether oxygens (including phenoxy) is 2. The lowest BCUT2D eigenvalue weighted by Crippen LogP contribution is -2.47. The molecule has 0 spiro atoms. The number of hydrogen-bond acceptors (Lipinski definition) is 6. The summed E-state index contributed by atoms with van der Waals surface area (Å²) in [4.78, 5) is 32.8. The molecule has 0 saturated heterocycles. The van der Waals surface area contributed by atoms with E-state index in [-0.39, 0.29) is 50.9 Å². The van der Waals surface area contributed by atoms with Crippen LogP contribution in [0.2, 0.25) is 0 Å². The molecule has 0 unspecified atom stereocenters. The van der Waals surface area contributed by atoms with Gasteiger partial charge in [0.2, 0.25) is 0 Å². The molecule has 0 bridgehead atoms. The SMILES string of the molecule is C.C.CC(C)(C)OC(=O)NC1CC(C=O)C1.CC(C)(C)OC(=O)NC1CC(CO)C1.ClCCl. The zero-order chi connectivity index (χ0) is 24.2. The minimum atomic E-state index is -0.460. The molecule has 0 aliphatic heterocycles. The molecular weight excluding hydrogens is 471 g/mol. The monoisotopic (exact) mass is 516 g/mol. The average molecular weight is 518 g/mol. The maximum Gasteiger partial charge on any atom is 0.407 e. The Bertz CT molecular complexity index is 552. The van der Waals surface area contributed by atoms with Crippen molar-refractivity contribution in [3.63, 3.8) is 0 Å². The lowest BCUT2D eigenvalue weighted by atomic mass is 9.81. The molecule has 2 fully saturated rings. The molecule has 2 aliphatic carbocycles. The van der Waals surface area contributed by atoms with Gasteiger partial charge in [-0.25, -0.2) is 9.59 Å². The zero-order valence-corrected chi connectivity index (χ0v) is 20.9. The summed E-state index contributed by atoms with van der Waals surface area (Å²) < 4.78 is 10.2. The Morgan fingerprint density at radius 2 is 1.21 bits per heavy atom. The van der Waals surface area contributed by atoms with E-state index in [1.807, 2.05) is 41.5 Å².